The number of rotatable bonds is 8. The van der Waals surface area contributed by atoms with Crippen molar-refractivity contribution in [3.63, 3.8) is 0 Å². The van der Waals surface area contributed by atoms with E-state index in [9.17, 15) is 0 Å². The Bertz CT molecular complexity index is 861. The highest BCUT2D eigenvalue weighted by atomic mass is 16.5. The molecule has 3 N–H and O–H groups in total. The van der Waals surface area contributed by atoms with Gasteiger partial charge in [0.15, 0.2) is 0 Å². The molecule has 136 valence electrons. The maximum Gasteiger partial charge on any atom is 0.222 e. The van der Waals surface area contributed by atoms with Crippen molar-refractivity contribution < 1.29 is 4.74 Å². The van der Waals surface area contributed by atoms with E-state index in [0.717, 1.165) is 42.1 Å². The highest BCUT2D eigenvalue weighted by Crippen LogP contribution is 2.20. The van der Waals surface area contributed by atoms with E-state index in [2.05, 4.69) is 20.4 Å². The Morgan fingerprint density at radius 2 is 2.08 bits per heavy atom. The maximum absolute atomic E-state index is 5.84. The van der Waals surface area contributed by atoms with Crippen LogP contribution >= 0.6 is 0 Å². The number of aryl methyl sites for hydroxylation is 2. The fourth-order valence-electron chi connectivity index (χ4n) is 2.56. The quantitative estimate of drug-likeness (QED) is 0.605. The molecule has 3 rings (SSSR count). The van der Waals surface area contributed by atoms with Gasteiger partial charge in [0.05, 0.1) is 18.5 Å². The zero-order valence-corrected chi connectivity index (χ0v) is 15.1. The van der Waals surface area contributed by atoms with Crippen LogP contribution in [0.3, 0.4) is 0 Å². The van der Waals surface area contributed by atoms with Crippen LogP contribution in [0.1, 0.15) is 18.9 Å². The van der Waals surface area contributed by atoms with Crippen molar-refractivity contribution in [2.45, 2.75) is 26.8 Å². The molecule has 3 aromatic rings. The Balaban J connectivity index is 1.54. The van der Waals surface area contributed by atoms with E-state index in [1.807, 2.05) is 55.1 Å². The number of nitrogens with zero attached hydrogens (tertiary/aromatic N) is 4. The zero-order valence-electron chi connectivity index (χ0n) is 15.1. The summed E-state index contributed by atoms with van der Waals surface area (Å²) in [7, 11) is 0. The van der Waals surface area contributed by atoms with Crippen LogP contribution in [-0.4, -0.2) is 32.9 Å². The highest BCUT2D eigenvalue weighted by molar-refractivity contribution is 5.62. The zero-order chi connectivity index (χ0) is 18.4. The van der Waals surface area contributed by atoms with Crippen molar-refractivity contribution in [3.8, 4) is 17.0 Å². The summed E-state index contributed by atoms with van der Waals surface area (Å²) in [5, 5.41) is 7.55. The molecule has 26 heavy (non-hydrogen) atoms. The number of hydrogen-bond acceptors (Lipinski definition) is 6. The van der Waals surface area contributed by atoms with Crippen LogP contribution in [-0.2, 0) is 6.54 Å². The number of aromatic nitrogens is 4. The smallest absolute Gasteiger partial charge is 0.222 e. The standard InChI is InChI=1S/C19H24N6O/c1-3-25-13-15(12-22-25)16-11-18(24-19(20)23-16)21-9-6-10-26-17-8-5-4-7-14(17)2/h4-5,7-8,11-13H,3,6,9-10H2,1-2H3,(H3,20,21,23,24). The lowest BCUT2D eigenvalue weighted by molar-refractivity contribution is 0.313. The van der Waals surface area contributed by atoms with Gasteiger partial charge in [-0.2, -0.15) is 10.1 Å². The predicted octanol–water partition coefficient (Wildman–Crippen LogP) is 3.13. The fourth-order valence-corrected chi connectivity index (χ4v) is 2.56. The SMILES string of the molecule is CCn1cc(-c2cc(NCCCOc3ccccc3C)nc(N)n2)cn1. The Kier molecular flexibility index (Phi) is 5.68. The van der Waals surface area contributed by atoms with E-state index in [-0.39, 0.29) is 5.95 Å². The molecule has 0 radical (unpaired) electrons. The van der Waals surface area contributed by atoms with E-state index in [0.29, 0.717) is 12.4 Å². The second kappa shape index (κ2) is 8.33. The van der Waals surface area contributed by atoms with E-state index in [1.54, 1.807) is 6.20 Å². The molecular formula is C19H24N6O. The van der Waals surface area contributed by atoms with Crippen LogP contribution in [0.4, 0.5) is 11.8 Å². The number of ether oxygens (including phenoxy) is 1. The second-order valence-electron chi connectivity index (χ2n) is 5.98. The first-order valence-electron chi connectivity index (χ1n) is 8.75. The van der Waals surface area contributed by atoms with Crippen molar-refractivity contribution in [1.29, 1.82) is 0 Å². The van der Waals surface area contributed by atoms with Gasteiger partial charge in [0, 0.05) is 30.9 Å². The first-order valence-corrected chi connectivity index (χ1v) is 8.75. The van der Waals surface area contributed by atoms with E-state index in [4.69, 9.17) is 10.5 Å². The van der Waals surface area contributed by atoms with Gasteiger partial charge in [0.2, 0.25) is 5.95 Å². The molecule has 0 aliphatic rings. The minimum absolute atomic E-state index is 0.241. The first kappa shape index (κ1) is 17.7. The molecule has 0 aliphatic heterocycles. The molecule has 0 bridgehead atoms. The number of anilines is 2. The third-order valence-electron chi connectivity index (χ3n) is 3.97. The lowest BCUT2D eigenvalue weighted by atomic mass is 10.2. The van der Waals surface area contributed by atoms with Crippen molar-refractivity contribution in [3.05, 3.63) is 48.3 Å². The number of benzene rings is 1. The summed E-state index contributed by atoms with van der Waals surface area (Å²) in [4.78, 5) is 8.54. The molecule has 2 heterocycles. The summed E-state index contributed by atoms with van der Waals surface area (Å²) >= 11 is 0. The molecule has 0 unspecified atom stereocenters. The molecule has 0 fully saturated rings. The van der Waals surface area contributed by atoms with E-state index in [1.165, 1.54) is 0 Å². The number of nitrogen functional groups attached to an aromatic ring is 1. The molecule has 0 atom stereocenters. The summed E-state index contributed by atoms with van der Waals surface area (Å²) in [6, 6.07) is 9.89. The lowest BCUT2D eigenvalue weighted by Crippen LogP contribution is -2.10. The summed E-state index contributed by atoms with van der Waals surface area (Å²) < 4.78 is 7.65. The molecule has 0 spiro atoms. The average Bonchev–Trinajstić information content (AvgIpc) is 3.12. The Hall–Kier alpha value is -3.09. The molecule has 0 saturated carbocycles. The van der Waals surface area contributed by atoms with Gasteiger partial charge < -0.3 is 15.8 Å². The average molecular weight is 352 g/mol. The molecule has 0 saturated heterocycles. The van der Waals surface area contributed by atoms with Crippen LogP contribution in [0, 0.1) is 6.92 Å². The summed E-state index contributed by atoms with van der Waals surface area (Å²) in [5.74, 6) is 1.87. The molecular weight excluding hydrogens is 328 g/mol. The summed E-state index contributed by atoms with van der Waals surface area (Å²) in [5.41, 5.74) is 8.67. The Morgan fingerprint density at radius 3 is 2.85 bits per heavy atom. The first-order chi connectivity index (χ1) is 12.7. The highest BCUT2D eigenvalue weighted by Gasteiger charge is 2.07. The van der Waals surface area contributed by atoms with Gasteiger partial charge in [-0.25, -0.2) is 4.98 Å². The van der Waals surface area contributed by atoms with Crippen LogP contribution in [0.15, 0.2) is 42.7 Å². The van der Waals surface area contributed by atoms with Crippen molar-refractivity contribution in [1.82, 2.24) is 19.7 Å². The fraction of sp³-hybridized carbons (Fsp3) is 0.316. The number of para-hydroxylation sites is 1. The topological polar surface area (TPSA) is 90.9 Å². The maximum atomic E-state index is 5.84. The van der Waals surface area contributed by atoms with Gasteiger partial charge in [-0.1, -0.05) is 18.2 Å². The van der Waals surface area contributed by atoms with Crippen LogP contribution < -0.4 is 15.8 Å². The van der Waals surface area contributed by atoms with Crippen LogP contribution in [0.5, 0.6) is 5.75 Å². The monoisotopic (exact) mass is 352 g/mol. The second-order valence-corrected chi connectivity index (χ2v) is 5.98. The molecule has 0 amide bonds. The number of nitrogens with one attached hydrogen (secondary N) is 1. The third kappa shape index (κ3) is 4.50. The summed E-state index contributed by atoms with van der Waals surface area (Å²) in [6.45, 7) is 6.26. The normalized spacial score (nSPS) is 10.7. The summed E-state index contributed by atoms with van der Waals surface area (Å²) in [6.07, 6.45) is 4.58. The van der Waals surface area contributed by atoms with Gasteiger partial charge in [0.1, 0.15) is 11.6 Å². The number of hydrogen-bond donors (Lipinski definition) is 2. The molecule has 2 aromatic heterocycles. The van der Waals surface area contributed by atoms with Gasteiger partial charge in [0.25, 0.3) is 0 Å². The lowest BCUT2D eigenvalue weighted by Gasteiger charge is -2.10. The van der Waals surface area contributed by atoms with Crippen LogP contribution in [0.2, 0.25) is 0 Å². The predicted molar refractivity (Wildman–Crippen MR) is 103 cm³/mol. The van der Waals surface area contributed by atoms with Crippen molar-refractivity contribution >= 4 is 11.8 Å². The van der Waals surface area contributed by atoms with Crippen LogP contribution in [0.25, 0.3) is 11.3 Å². The molecule has 7 heteroatoms. The number of nitrogens with two attached hydrogens (primary N) is 1. The van der Waals surface area contributed by atoms with Gasteiger partial charge in [-0.05, 0) is 31.9 Å². The van der Waals surface area contributed by atoms with Gasteiger partial charge in [-0.15, -0.1) is 0 Å². The Labute approximate surface area is 153 Å². The molecule has 0 aliphatic carbocycles. The van der Waals surface area contributed by atoms with E-state index >= 15 is 0 Å². The van der Waals surface area contributed by atoms with E-state index < -0.39 is 0 Å². The minimum Gasteiger partial charge on any atom is -0.493 e. The van der Waals surface area contributed by atoms with Gasteiger partial charge >= 0.3 is 0 Å². The third-order valence-corrected chi connectivity index (χ3v) is 3.97. The minimum atomic E-state index is 0.241. The molecule has 7 nitrogen and oxygen atoms in total. The van der Waals surface area contributed by atoms with Crippen molar-refractivity contribution in [2.24, 2.45) is 0 Å². The van der Waals surface area contributed by atoms with Crippen molar-refractivity contribution in [2.75, 3.05) is 24.2 Å². The molecule has 1 aromatic carbocycles. The van der Waals surface area contributed by atoms with Gasteiger partial charge in [-0.3, -0.25) is 4.68 Å². The largest absolute Gasteiger partial charge is 0.493 e. The Morgan fingerprint density at radius 1 is 1.23 bits per heavy atom.